The Morgan fingerprint density at radius 3 is 2.40 bits per heavy atom. The second-order valence-corrected chi connectivity index (χ2v) is 11.1. The largest absolute Gasteiger partial charge is 0.491 e. The van der Waals surface area contributed by atoms with Crippen LogP contribution < -0.4 is 20.1 Å². The summed E-state index contributed by atoms with van der Waals surface area (Å²) >= 11 is 12.5. The number of nitrogens with one attached hydrogen (secondary N) is 2. The first-order valence-electron chi connectivity index (χ1n) is 13.4. The lowest BCUT2D eigenvalue weighted by atomic mass is 9.59. The zero-order valence-corrected chi connectivity index (χ0v) is 23.9. The molecule has 0 aromatic heterocycles. The third kappa shape index (κ3) is 5.07. The molecule has 11 heteroatoms. The third-order valence-corrected chi connectivity index (χ3v) is 8.27. The molecule has 1 unspecified atom stereocenters. The fourth-order valence-corrected chi connectivity index (χ4v) is 6.41. The van der Waals surface area contributed by atoms with Crippen LogP contribution in [0.4, 0.5) is 14.5 Å². The van der Waals surface area contributed by atoms with Gasteiger partial charge >= 0.3 is 0 Å². The number of aliphatic hydroxyl groups is 1. The molecule has 6 rings (SSSR count). The van der Waals surface area contributed by atoms with Crippen LogP contribution in [0.5, 0.6) is 17.2 Å². The number of rotatable bonds is 7. The molecule has 2 amide bonds. The van der Waals surface area contributed by atoms with Gasteiger partial charge in [0.05, 0.1) is 18.2 Å². The number of benzene rings is 4. The Kier molecular flexibility index (Phi) is 7.72. The lowest BCUT2D eigenvalue weighted by Crippen LogP contribution is -2.57. The molecular weight excluding hydrogens is 601 g/mol. The average Bonchev–Trinajstić information content (AvgIpc) is 3.26. The van der Waals surface area contributed by atoms with Crippen LogP contribution in [0.15, 0.2) is 78.9 Å². The fraction of sp³-hybridized carbons (Fsp3) is 0.188. The van der Waals surface area contributed by atoms with Gasteiger partial charge in [-0.3, -0.25) is 9.59 Å². The maximum Gasteiger partial charge on any atom is 0.238 e. The number of aliphatic hydroxyl groups excluding tert-OH is 1. The number of hydrogen-bond donors (Lipinski definition) is 3. The highest BCUT2D eigenvalue weighted by Gasteiger charge is 2.62. The van der Waals surface area contributed by atoms with Crippen molar-refractivity contribution >= 4 is 40.7 Å². The zero-order chi connectivity index (χ0) is 30.3. The minimum Gasteiger partial charge on any atom is -0.491 e. The van der Waals surface area contributed by atoms with Gasteiger partial charge in [0.25, 0.3) is 0 Å². The molecule has 0 bridgehead atoms. The summed E-state index contributed by atoms with van der Waals surface area (Å²) in [6, 6.07) is 18.0. The van der Waals surface area contributed by atoms with Crippen molar-refractivity contribution in [3.05, 3.63) is 117 Å². The Morgan fingerprint density at radius 1 is 0.907 bits per heavy atom. The summed E-state index contributed by atoms with van der Waals surface area (Å²) < 4.78 is 43.0. The molecule has 2 aliphatic heterocycles. The molecular formula is C32H24Cl2F2N2O5. The summed E-state index contributed by atoms with van der Waals surface area (Å²) in [5, 5.41) is 15.2. The number of carbonyl (C=O) groups is 2. The Balaban J connectivity index is 1.54. The molecule has 4 aromatic rings. The normalized spacial score (nSPS) is 20.9. The Labute approximate surface area is 255 Å². The van der Waals surface area contributed by atoms with Crippen molar-refractivity contribution in [3.8, 4) is 17.2 Å². The molecule has 3 atom stereocenters. The van der Waals surface area contributed by atoms with Crippen LogP contribution in [0, 0.1) is 11.6 Å². The minimum atomic E-state index is -1.72. The van der Waals surface area contributed by atoms with Gasteiger partial charge < -0.3 is 25.2 Å². The summed E-state index contributed by atoms with van der Waals surface area (Å²) in [7, 11) is 0. The second-order valence-electron chi connectivity index (χ2n) is 10.2. The number of halogens is 4. The molecule has 1 saturated heterocycles. The van der Waals surface area contributed by atoms with Gasteiger partial charge in [-0.05, 0) is 77.9 Å². The van der Waals surface area contributed by atoms with Gasteiger partial charge in [-0.25, -0.2) is 8.78 Å². The van der Waals surface area contributed by atoms with E-state index in [4.69, 9.17) is 37.8 Å². The van der Waals surface area contributed by atoms with Crippen molar-refractivity contribution in [2.45, 2.75) is 23.8 Å². The van der Waals surface area contributed by atoms with Gasteiger partial charge in [-0.2, -0.15) is 0 Å². The molecule has 7 nitrogen and oxygen atoms in total. The minimum absolute atomic E-state index is 0.0381. The summed E-state index contributed by atoms with van der Waals surface area (Å²) in [4.78, 5) is 27.6. The first-order chi connectivity index (χ1) is 20.7. The molecule has 2 aliphatic rings. The van der Waals surface area contributed by atoms with Gasteiger partial charge in [0.15, 0.2) is 0 Å². The first-order valence-corrected chi connectivity index (χ1v) is 14.1. The Bertz CT molecular complexity index is 1740. The smallest absolute Gasteiger partial charge is 0.238 e. The van der Waals surface area contributed by atoms with E-state index in [1.807, 2.05) is 0 Å². The number of anilines is 1. The second kappa shape index (κ2) is 11.5. The number of carbonyl (C=O) groups excluding carboxylic acids is 2. The van der Waals surface area contributed by atoms with Crippen molar-refractivity contribution in [3.63, 3.8) is 0 Å². The van der Waals surface area contributed by atoms with Gasteiger partial charge in [0.1, 0.15) is 40.9 Å². The standard InChI is InChI=1S/C32H24Cl2F2N2O5/c33-17-5-11-24(35)21(14-17)23-16-28(40)38-30(32(23)22-10-4-18(34)15-26(22)37-31(32)41)29-25(36)2-1-3-27(29)43-20-8-6-19(7-9-20)42-13-12-39/h1-11,14-15,23,30,39H,12-13,16H2,(H,37,41)(H,38,40)/t23-,30+,32?/m0/s1. The molecule has 1 fully saturated rings. The molecule has 4 aromatic carbocycles. The van der Waals surface area contributed by atoms with E-state index in [0.29, 0.717) is 27.8 Å². The molecule has 43 heavy (non-hydrogen) atoms. The maximum absolute atomic E-state index is 16.0. The number of fused-ring (bicyclic) bond motifs is 2. The molecule has 220 valence electrons. The van der Waals surface area contributed by atoms with Crippen LogP contribution in [0.2, 0.25) is 10.0 Å². The summed E-state index contributed by atoms with van der Waals surface area (Å²) in [6.07, 6.45) is -0.275. The lowest BCUT2D eigenvalue weighted by molar-refractivity contribution is -0.131. The van der Waals surface area contributed by atoms with E-state index in [-0.39, 0.29) is 41.5 Å². The van der Waals surface area contributed by atoms with Crippen molar-refractivity contribution in [2.24, 2.45) is 0 Å². The van der Waals surface area contributed by atoms with Crippen molar-refractivity contribution in [2.75, 3.05) is 18.5 Å². The monoisotopic (exact) mass is 624 g/mol. The topological polar surface area (TPSA) is 96.9 Å². The van der Waals surface area contributed by atoms with Gasteiger partial charge in [-0.1, -0.05) is 35.3 Å². The predicted octanol–water partition coefficient (Wildman–Crippen LogP) is 6.67. The average molecular weight is 625 g/mol. The van der Waals surface area contributed by atoms with E-state index in [9.17, 15) is 9.59 Å². The third-order valence-electron chi connectivity index (χ3n) is 7.80. The van der Waals surface area contributed by atoms with Gasteiger partial charge in [0.2, 0.25) is 11.8 Å². The molecule has 0 radical (unpaired) electrons. The van der Waals surface area contributed by atoms with Crippen LogP contribution in [-0.4, -0.2) is 30.1 Å². The van der Waals surface area contributed by atoms with Crippen LogP contribution in [0.1, 0.15) is 35.1 Å². The van der Waals surface area contributed by atoms with E-state index in [1.54, 1.807) is 42.5 Å². The molecule has 0 aliphatic carbocycles. The molecule has 1 spiro atoms. The highest BCUT2D eigenvalue weighted by Crippen LogP contribution is 2.59. The first kappa shape index (κ1) is 28.9. The van der Waals surface area contributed by atoms with E-state index in [0.717, 1.165) is 0 Å². The predicted molar refractivity (Wildman–Crippen MR) is 157 cm³/mol. The fourth-order valence-electron chi connectivity index (χ4n) is 6.06. The summed E-state index contributed by atoms with van der Waals surface area (Å²) in [5.41, 5.74) is -0.995. The van der Waals surface area contributed by atoms with Crippen molar-refractivity contribution < 1.29 is 33.0 Å². The Hall–Kier alpha value is -4.18. The lowest BCUT2D eigenvalue weighted by Gasteiger charge is -2.46. The van der Waals surface area contributed by atoms with Crippen molar-refractivity contribution in [1.82, 2.24) is 5.32 Å². The SMILES string of the molecule is O=C1C[C@@H](c2cc(Cl)ccc2F)C2(C(=O)Nc3cc(Cl)ccc32)[C@@H](c2c(F)cccc2Oc2ccc(OCCO)cc2)N1. The summed E-state index contributed by atoms with van der Waals surface area (Å²) in [5.74, 6) is -2.73. The van der Waals surface area contributed by atoms with E-state index in [1.165, 1.54) is 36.4 Å². The number of ether oxygens (including phenoxy) is 2. The number of piperidine rings is 1. The Morgan fingerprint density at radius 2 is 1.63 bits per heavy atom. The maximum atomic E-state index is 16.0. The van der Waals surface area contributed by atoms with Crippen LogP contribution in [0.25, 0.3) is 0 Å². The van der Waals surface area contributed by atoms with E-state index in [2.05, 4.69) is 10.6 Å². The zero-order valence-electron chi connectivity index (χ0n) is 22.4. The summed E-state index contributed by atoms with van der Waals surface area (Å²) in [6.45, 7) is -0.0381. The highest BCUT2D eigenvalue weighted by atomic mass is 35.5. The number of amides is 2. The molecule has 3 N–H and O–H groups in total. The van der Waals surface area contributed by atoms with Crippen LogP contribution >= 0.6 is 23.2 Å². The van der Waals surface area contributed by atoms with Gasteiger partial charge in [0, 0.05) is 28.1 Å². The van der Waals surface area contributed by atoms with Gasteiger partial charge in [-0.15, -0.1) is 0 Å². The molecule has 2 heterocycles. The van der Waals surface area contributed by atoms with E-state index >= 15 is 8.78 Å². The highest BCUT2D eigenvalue weighted by molar-refractivity contribution is 6.31. The molecule has 0 saturated carbocycles. The van der Waals surface area contributed by atoms with E-state index < -0.39 is 40.8 Å². The van der Waals surface area contributed by atoms with Crippen LogP contribution in [0.3, 0.4) is 0 Å². The van der Waals surface area contributed by atoms with Crippen molar-refractivity contribution in [1.29, 1.82) is 0 Å². The number of hydrogen-bond acceptors (Lipinski definition) is 5. The van der Waals surface area contributed by atoms with Crippen LogP contribution in [-0.2, 0) is 15.0 Å². The quantitative estimate of drug-likeness (QED) is 0.213.